The molecule has 2 aromatic carbocycles. The molecule has 2 fully saturated rings. The number of ether oxygens (including phenoxy) is 1. The fourth-order valence-electron chi connectivity index (χ4n) is 5.77. The average Bonchev–Trinajstić information content (AvgIpc) is 3.45. The number of rotatable bonds is 7. The molecule has 0 saturated carbocycles. The first-order valence-electron chi connectivity index (χ1n) is 14.8. The monoisotopic (exact) mass is 607 g/mol. The minimum atomic E-state index is -2.83. The number of carbonyl (C=O) groups is 2. The third-order valence-corrected chi connectivity index (χ3v) is 9.47. The maximum Gasteiger partial charge on any atom is 0.272 e. The Morgan fingerprint density at radius 1 is 0.907 bits per heavy atom. The summed E-state index contributed by atoms with van der Waals surface area (Å²) in [6, 6.07) is 14.0. The molecule has 4 aromatic rings. The standard InChI is InChI=1S/C32H35F2N5O3S/c1-21(32(2,33)34)37-14-16-39(17-15-37)31(41)27-19-24(30(40)38-12-6-3-7-13-38)23-18-22(10-11-25(23)35-27)42-20-29-36-26-8-4-5-9-28(26)43-29/h4-5,8-11,18-19,21H,3,6-7,12-17,20H2,1-2H3. The second-order valence-electron chi connectivity index (χ2n) is 11.4. The van der Waals surface area contributed by atoms with Crippen molar-refractivity contribution in [3.05, 3.63) is 64.8 Å². The molecule has 11 heteroatoms. The summed E-state index contributed by atoms with van der Waals surface area (Å²) in [6.45, 7) is 5.38. The van der Waals surface area contributed by atoms with Gasteiger partial charge in [0.05, 0.1) is 27.3 Å². The van der Waals surface area contributed by atoms with Crippen molar-refractivity contribution < 1.29 is 23.1 Å². The Labute approximate surface area is 253 Å². The summed E-state index contributed by atoms with van der Waals surface area (Å²) in [5, 5.41) is 1.47. The highest BCUT2D eigenvalue weighted by Crippen LogP contribution is 2.29. The van der Waals surface area contributed by atoms with E-state index in [0.717, 1.165) is 41.4 Å². The van der Waals surface area contributed by atoms with Crippen LogP contribution in [0.2, 0.25) is 0 Å². The first-order valence-corrected chi connectivity index (χ1v) is 15.6. The lowest BCUT2D eigenvalue weighted by Gasteiger charge is -2.39. The van der Waals surface area contributed by atoms with Gasteiger partial charge in [-0.3, -0.25) is 14.5 Å². The van der Waals surface area contributed by atoms with E-state index in [9.17, 15) is 18.4 Å². The van der Waals surface area contributed by atoms with Crippen LogP contribution in [0.1, 0.15) is 59.0 Å². The van der Waals surface area contributed by atoms with Crippen LogP contribution in [-0.4, -0.2) is 87.7 Å². The number of alkyl halides is 2. The summed E-state index contributed by atoms with van der Waals surface area (Å²) in [4.78, 5) is 41.9. The second-order valence-corrected chi connectivity index (χ2v) is 12.5. The van der Waals surface area contributed by atoms with Crippen molar-refractivity contribution in [2.24, 2.45) is 0 Å². The van der Waals surface area contributed by atoms with E-state index in [-0.39, 0.29) is 17.5 Å². The van der Waals surface area contributed by atoms with Crippen molar-refractivity contribution >= 4 is 44.3 Å². The highest BCUT2D eigenvalue weighted by molar-refractivity contribution is 7.18. The summed E-state index contributed by atoms with van der Waals surface area (Å²) in [7, 11) is 0. The number of likely N-dealkylation sites (tertiary alicyclic amines) is 1. The van der Waals surface area contributed by atoms with Gasteiger partial charge in [0.25, 0.3) is 17.7 Å². The second kappa shape index (κ2) is 12.1. The first-order chi connectivity index (χ1) is 20.7. The van der Waals surface area contributed by atoms with Crippen LogP contribution >= 0.6 is 11.3 Å². The van der Waals surface area contributed by atoms with Crippen LogP contribution in [0.15, 0.2) is 48.5 Å². The Morgan fingerprint density at radius 3 is 2.35 bits per heavy atom. The average molecular weight is 608 g/mol. The molecule has 0 aliphatic carbocycles. The van der Waals surface area contributed by atoms with Crippen molar-refractivity contribution in [3.63, 3.8) is 0 Å². The fourth-order valence-corrected chi connectivity index (χ4v) is 6.65. The predicted octanol–water partition coefficient (Wildman–Crippen LogP) is 5.85. The molecule has 2 aliphatic heterocycles. The first kappa shape index (κ1) is 29.4. The van der Waals surface area contributed by atoms with Crippen molar-refractivity contribution in [2.75, 3.05) is 39.3 Å². The smallest absolute Gasteiger partial charge is 0.272 e. The number of aromatic nitrogens is 2. The number of halogens is 2. The normalized spacial score (nSPS) is 17.4. The molecule has 2 aliphatic rings. The number of para-hydroxylation sites is 1. The van der Waals surface area contributed by atoms with Gasteiger partial charge in [0.15, 0.2) is 0 Å². The molecular weight excluding hydrogens is 572 g/mol. The summed E-state index contributed by atoms with van der Waals surface area (Å²) in [5.74, 6) is -2.68. The minimum Gasteiger partial charge on any atom is -0.486 e. The molecule has 43 heavy (non-hydrogen) atoms. The molecule has 0 bridgehead atoms. The van der Waals surface area contributed by atoms with Gasteiger partial charge in [0.2, 0.25) is 0 Å². The molecule has 1 unspecified atom stereocenters. The van der Waals surface area contributed by atoms with E-state index >= 15 is 0 Å². The van der Waals surface area contributed by atoms with Gasteiger partial charge in [-0.15, -0.1) is 11.3 Å². The largest absolute Gasteiger partial charge is 0.486 e. The minimum absolute atomic E-state index is 0.131. The van der Waals surface area contributed by atoms with Crippen LogP contribution < -0.4 is 4.74 Å². The van der Waals surface area contributed by atoms with Crippen LogP contribution in [0, 0.1) is 0 Å². The van der Waals surface area contributed by atoms with E-state index in [0.29, 0.717) is 68.1 Å². The van der Waals surface area contributed by atoms with Gasteiger partial charge in [0, 0.05) is 51.6 Å². The molecule has 2 aromatic heterocycles. The maximum absolute atomic E-state index is 13.9. The number of fused-ring (bicyclic) bond motifs is 2. The van der Waals surface area contributed by atoms with Gasteiger partial charge in [-0.25, -0.2) is 18.7 Å². The lowest BCUT2D eigenvalue weighted by atomic mass is 10.0. The zero-order valence-corrected chi connectivity index (χ0v) is 25.2. The van der Waals surface area contributed by atoms with Crippen molar-refractivity contribution in [3.8, 4) is 5.75 Å². The highest BCUT2D eigenvalue weighted by Gasteiger charge is 2.37. The molecule has 2 saturated heterocycles. The molecule has 226 valence electrons. The van der Waals surface area contributed by atoms with Crippen molar-refractivity contribution in [1.82, 2.24) is 24.7 Å². The van der Waals surface area contributed by atoms with Crippen LogP contribution in [0.3, 0.4) is 0 Å². The Balaban J connectivity index is 1.26. The van der Waals surface area contributed by atoms with E-state index < -0.39 is 12.0 Å². The Bertz CT molecular complexity index is 1610. The number of hydrogen-bond acceptors (Lipinski definition) is 7. The van der Waals surface area contributed by atoms with Gasteiger partial charge in [-0.1, -0.05) is 12.1 Å². The van der Waals surface area contributed by atoms with Gasteiger partial charge < -0.3 is 14.5 Å². The van der Waals surface area contributed by atoms with Crippen molar-refractivity contribution in [2.45, 2.75) is 51.7 Å². The van der Waals surface area contributed by atoms with E-state index in [1.165, 1.54) is 6.92 Å². The number of nitrogens with zero attached hydrogens (tertiary/aromatic N) is 5. The fraction of sp³-hybridized carbons (Fsp3) is 0.438. The maximum atomic E-state index is 13.9. The summed E-state index contributed by atoms with van der Waals surface area (Å²) >= 11 is 1.58. The summed E-state index contributed by atoms with van der Waals surface area (Å²) in [6.07, 6.45) is 2.97. The lowest BCUT2D eigenvalue weighted by molar-refractivity contribution is -0.0679. The van der Waals surface area contributed by atoms with Crippen LogP contribution in [-0.2, 0) is 6.61 Å². The molecule has 0 N–H and O–H groups in total. The number of piperazine rings is 1. The highest BCUT2D eigenvalue weighted by atomic mass is 32.1. The number of pyridine rings is 1. The van der Waals surface area contributed by atoms with Gasteiger partial charge in [-0.05, 0) is 62.6 Å². The Morgan fingerprint density at radius 2 is 1.63 bits per heavy atom. The zero-order valence-electron chi connectivity index (χ0n) is 24.4. The number of piperidine rings is 1. The Kier molecular flexibility index (Phi) is 8.28. The third kappa shape index (κ3) is 6.33. The molecular formula is C32H35F2N5O3S. The number of hydrogen-bond donors (Lipinski definition) is 0. The lowest BCUT2D eigenvalue weighted by Crippen LogP contribution is -2.55. The van der Waals surface area contributed by atoms with E-state index in [2.05, 4.69) is 9.97 Å². The van der Waals surface area contributed by atoms with Crippen LogP contribution in [0.5, 0.6) is 5.75 Å². The quantitative estimate of drug-likeness (QED) is 0.262. The molecule has 8 nitrogen and oxygen atoms in total. The predicted molar refractivity (Wildman–Crippen MR) is 163 cm³/mol. The van der Waals surface area contributed by atoms with E-state index in [1.807, 2.05) is 35.2 Å². The van der Waals surface area contributed by atoms with Gasteiger partial charge in [0.1, 0.15) is 23.1 Å². The number of amides is 2. The number of thiazole rings is 1. The SMILES string of the molecule is CC(N1CCN(C(=O)c2cc(C(=O)N3CCCCC3)c3cc(OCc4nc5ccccc5s4)ccc3n2)CC1)C(C)(F)F. The molecule has 1 atom stereocenters. The van der Waals surface area contributed by atoms with Gasteiger partial charge >= 0.3 is 0 Å². The van der Waals surface area contributed by atoms with Crippen LogP contribution in [0.25, 0.3) is 21.1 Å². The molecule has 6 rings (SSSR count). The Hall–Kier alpha value is -3.70. The molecule has 4 heterocycles. The number of carbonyl (C=O) groups excluding carboxylic acids is 2. The molecule has 0 radical (unpaired) electrons. The summed E-state index contributed by atoms with van der Waals surface area (Å²) < 4.78 is 34.9. The zero-order chi connectivity index (χ0) is 30.1. The molecule has 2 amide bonds. The topological polar surface area (TPSA) is 78.9 Å². The third-order valence-electron chi connectivity index (χ3n) is 8.46. The molecule has 0 spiro atoms. The van der Waals surface area contributed by atoms with Crippen LogP contribution in [0.4, 0.5) is 8.78 Å². The van der Waals surface area contributed by atoms with Crippen molar-refractivity contribution in [1.29, 1.82) is 0 Å². The van der Waals surface area contributed by atoms with Gasteiger partial charge in [-0.2, -0.15) is 0 Å². The van der Waals surface area contributed by atoms with E-state index in [4.69, 9.17) is 4.74 Å². The summed E-state index contributed by atoms with van der Waals surface area (Å²) in [5.41, 5.74) is 2.05. The number of benzene rings is 2. The van der Waals surface area contributed by atoms with E-state index in [1.54, 1.807) is 39.3 Å².